The van der Waals surface area contributed by atoms with Crippen LogP contribution in [-0.2, 0) is 26.2 Å². The Bertz CT molecular complexity index is 1240. The molecule has 1 N–H and O–H groups in total. The maximum absolute atomic E-state index is 13.6. The van der Waals surface area contributed by atoms with Crippen molar-refractivity contribution in [3.05, 3.63) is 63.1 Å². The molecule has 2 atom stereocenters. The van der Waals surface area contributed by atoms with Crippen molar-refractivity contribution in [1.82, 2.24) is 10.2 Å². The quantitative estimate of drug-likeness (QED) is 0.319. The Morgan fingerprint density at radius 2 is 1.68 bits per heavy atom. The Balaban J connectivity index is 2.28. The van der Waals surface area contributed by atoms with E-state index in [2.05, 4.69) is 5.32 Å². The van der Waals surface area contributed by atoms with Crippen molar-refractivity contribution in [2.45, 2.75) is 78.9 Å². The molecule has 0 heterocycles. The van der Waals surface area contributed by atoms with Gasteiger partial charge in [-0.2, -0.15) is 0 Å². The number of benzene rings is 2. The zero-order chi connectivity index (χ0) is 28.6. The number of halogens is 2. The Morgan fingerprint density at radius 1 is 1.00 bits per heavy atom. The minimum absolute atomic E-state index is 0.0334. The van der Waals surface area contributed by atoms with Crippen molar-refractivity contribution in [1.29, 1.82) is 0 Å². The first kappa shape index (κ1) is 31.9. The van der Waals surface area contributed by atoms with E-state index in [9.17, 15) is 18.0 Å². The Hall–Kier alpha value is -2.29. The first-order chi connectivity index (χ1) is 17.8. The number of hydrogen-bond donors (Lipinski definition) is 1. The normalized spacial score (nSPS) is 13.1. The molecular formula is C28H39Cl2N3O4S. The topological polar surface area (TPSA) is 86.8 Å². The van der Waals surface area contributed by atoms with E-state index < -0.39 is 16.1 Å². The summed E-state index contributed by atoms with van der Waals surface area (Å²) in [7, 11) is -3.56. The third-order valence-corrected chi connectivity index (χ3v) is 8.45. The second kappa shape index (κ2) is 14.2. The van der Waals surface area contributed by atoms with Crippen LogP contribution < -0.4 is 9.62 Å². The molecule has 0 spiro atoms. The van der Waals surface area contributed by atoms with Gasteiger partial charge in [-0.25, -0.2) is 8.42 Å². The zero-order valence-corrected chi connectivity index (χ0v) is 25.4. The van der Waals surface area contributed by atoms with Crippen molar-refractivity contribution >= 4 is 50.7 Å². The molecule has 0 saturated heterocycles. The number of nitrogens with zero attached hydrogens (tertiary/aromatic N) is 2. The fraction of sp³-hybridized carbons (Fsp3) is 0.500. The lowest BCUT2D eigenvalue weighted by molar-refractivity contribution is -0.141. The van der Waals surface area contributed by atoms with Crippen LogP contribution in [0.3, 0.4) is 0 Å². The van der Waals surface area contributed by atoms with E-state index >= 15 is 0 Å². The molecule has 2 aromatic rings. The number of carbonyl (C=O) groups is 2. The zero-order valence-electron chi connectivity index (χ0n) is 23.1. The van der Waals surface area contributed by atoms with Crippen LogP contribution in [0.1, 0.15) is 63.1 Å². The van der Waals surface area contributed by atoms with Gasteiger partial charge in [0, 0.05) is 35.6 Å². The number of nitrogens with one attached hydrogen (secondary N) is 1. The molecule has 0 aliphatic rings. The molecule has 7 nitrogen and oxygen atoms in total. The predicted octanol–water partition coefficient (Wildman–Crippen LogP) is 5.88. The summed E-state index contributed by atoms with van der Waals surface area (Å²) in [6.07, 6.45) is 2.68. The summed E-state index contributed by atoms with van der Waals surface area (Å²) >= 11 is 12.5. The van der Waals surface area contributed by atoms with Crippen molar-refractivity contribution in [2.75, 3.05) is 17.1 Å². The summed E-state index contributed by atoms with van der Waals surface area (Å²) < 4.78 is 26.5. The highest BCUT2D eigenvalue weighted by atomic mass is 35.5. The molecule has 0 aromatic heterocycles. The lowest BCUT2D eigenvalue weighted by Crippen LogP contribution is -2.50. The van der Waals surface area contributed by atoms with E-state index in [0.29, 0.717) is 27.7 Å². The molecule has 0 bridgehead atoms. The largest absolute Gasteiger partial charge is 0.352 e. The first-order valence-electron chi connectivity index (χ1n) is 12.9. The van der Waals surface area contributed by atoms with E-state index in [0.717, 1.165) is 23.8 Å². The summed E-state index contributed by atoms with van der Waals surface area (Å²) in [4.78, 5) is 28.2. The van der Waals surface area contributed by atoms with Crippen molar-refractivity contribution in [2.24, 2.45) is 0 Å². The van der Waals surface area contributed by atoms with Gasteiger partial charge in [0.2, 0.25) is 21.8 Å². The number of amides is 2. The monoisotopic (exact) mass is 583 g/mol. The molecule has 10 heteroatoms. The first-order valence-corrected chi connectivity index (χ1v) is 15.5. The van der Waals surface area contributed by atoms with E-state index in [1.165, 1.54) is 9.21 Å². The molecule has 0 radical (unpaired) electrons. The van der Waals surface area contributed by atoms with Crippen LogP contribution in [0.25, 0.3) is 0 Å². The van der Waals surface area contributed by atoms with Gasteiger partial charge in [-0.15, -0.1) is 0 Å². The molecule has 0 unspecified atom stereocenters. The van der Waals surface area contributed by atoms with Gasteiger partial charge in [0.1, 0.15) is 6.04 Å². The highest BCUT2D eigenvalue weighted by Crippen LogP contribution is 2.25. The molecule has 2 amide bonds. The van der Waals surface area contributed by atoms with Crippen molar-refractivity contribution < 1.29 is 18.0 Å². The number of rotatable bonds is 13. The van der Waals surface area contributed by atoms with Crippen LogP contribution in [0.2, 0.25) is 10.0 Å². The minimum atomic E-state index is -3.56. The van der Waals surface area contributed by atoms with Crippen LogP contribution in [0.15, 0.2) is 36.4 Å². The maximum Gasteiger partial charge on any atom is 0.243 e. The second-order valence-electron chi connectivity index (χ2n) is 9.71. The van der Waals surface area contributed by atoms with Gasteiger partial charge < -0.3 is 10.2 Å². The third kappa shape index (κ3) is 8.89. The number of aryl methyl sites for hydroxylation is 2. The molecular weight excluding hydrogens is 545 g/mol. The second-order valence-corrected chi connectivity index (χ2v) is 12.5. The van der Waals surface area contributed by atoms with Crippen LogP contribution in [0.5, 0.6) is 0 Å². The average molecular weight is 585 g/mol. The van der Waals surface area contributed by atoms with Crippen LogP contribution in [-0.4, -0.2) is 50.0 Å². The molecule has 38 heavy (non-hydrogen) atoms. The number of sulfonamides is 1. The lowest BCUT2D eigenvalue weighted by Gasteiger charge is -2.32. The SMILES string of the molecule is CC[C@H](C(=O)N[C@@H](C)CC)N(Cc1ccc(Cl)cc1Cl)C(=O)CCCN(c1ccc(C)c(C)c1)S(C)(=O)=O. The molecule has 0 aliphatic carbocycles. The van der Waals surface area contributed by atoms with Crippen molar-refractivity contribution in [3.8, 4) is 0 Å². The fourth-order valence-electron chi connectivity index (χ4n) is 4.08. The van der Waals surface area contributed by atoms with Gasteiger partial charge >= 0.3 is 0 Å². The van der Waals surface area contributed by atoms with Gasteiger partial charge in [0.25, 0.3) is 0 Å². The van der Waals surface area contributed by atoms with E-state index in [4.69, 9.17) is 23.2 Å². The summed E-state index contributed by atoms with van der Waals surface area (Å²) in [5.74, 6) is -0.483. The van der Waals surface area contributed by atoms with Gasteiger partial charge in [-0.1, -0.05) is 49.2 Å². The molecule has 2 aromatic carbocycles. The highest BCUT2D eigenvalue weighted by Gasteiger charge is 2.30. The number of hydrogen-bond acceptors (Lipinski definition) is 4. The molecule has 2 rings (SSSR count). The lowest BCUT2D eigenvalue weighted by atomic mass is 10.1. The third-order valence-electron chi connectivity index (χ3n) is 6.67. The predicted molar refractivity (Wildman–Crippen MR) is 156 cm³/mol. The summed E-state index contributed by atoms with van der Waals surface area (Å²) in [5.41, 5.74) is 3.28. The summed E-state index contributed by atoms with van der Waals surface area (Å²) in [5, 5.41) is 3.86. The van der Waals surface area contributed by atoms with Gasteiger partial charge in [0.05, 0.1) is 11.9 Å². The van der Waals surface area contributed by atoms with Gasteiger partial charge in [-0.05, 0) is 81.0 Å². The summed E-state index contributed by atoms with van der Waals surface area (Å²) in [6.45, 7) is 9.91. The average Bonchev–Trinajstić information content (AvgIpc) is 2.83. The summed E-state index contributed by atoms with van der Waals surface area (Å²) in [6, 6.07) is 9.80. The number of anilines is 1. The van der Waals surface area contributed by atoms with Gasteiger partial charge in [0.15, 0.2) is 0 Å². The Morgan fingerprint density at radius 3 is 2.24 bits per heavy atom. The van der Waals surface area contributed by atoms with Crippen molar-refractivity contribution in [3.63, 3.8) is 0 Å². The molecule has 210 valence electrons. The van der Waals surface area contributed by atoms with Crippen LogP contribution in [0.4, 0.5) is 5.69 Å². The Kier molecular flexibility index (Phi) is 11.9. The maximum atomic E-state index is 13.6. The number of carbonyl (C=O) groups excluding carboxylic acids is 2. The van der Waals surface area contributed by atoms with E-state index in [1.807, 2.05) is 46.8 Å². The van der Waals surface area contributed by atoms with E-state index in [-0.39, 0.29) is 43.8 Å². The Labute approximate surface area is 237 Å². The molecule has 0 saturated carbocycles. The fourth-order valence-corrected chi connectivity index (χ4v) is 5.50. The standard InChI is InChI=1S/C28H39Cl2N3O4S/c1-7-21(5)31-28(35)26(8-2)32(18-22-12-13-23(29)17-25(22)30)27(34)10-9-15-33(38(6,36)37)24-14-11-19(3)20(4)16-24/h11-14,16-17,21,26H,7-10,15,18H2,1-6H3,(H,31,35)/t21-,26+/m0/s1. The minimum Gasteiger partial charge on any atom is -0.352 e. The smallest absolute Gasteiger partial charge is 0.243 e. The van der Waals surface area contributed by atoms with Crippen LogP contribution in [0, 0.1) is 13.8 Å². The van der Waals surface area contributed by atoms with E-state index in [1.54, 1.807) is 24.3 Å². The van der Waals surface area contributed by atoms with Crippen LogP contribution >= 0.6 is 23.2 Å². The molecule has 0 fully saturated rings. The highest BCUT2D eigenvalue weighted by molar-refractivity contribution is 7.92. The molecule has 0 aliphatic heterocycles. The van der Waals surface area contributed by atoms with Gasteiger partial charge in [-0.3, -0.25) is 13.9 Å².